The van der Waals surface area contributed by atoms with E-state index in [0.717, 1.165) is 6.08 Å². The molecule has 116 valence electrons. The van der Waals surface area contributed by atoms with Crippen molar-refractivity contribution in [3.05, 3.63) is 53.0 Å². The fourth-order valence-electron chi connectivity index (χ4n) is 1.27. The van der Waals surface area contributed by atoms with Crippen LogP contribution < -0.4 is 0 Å². The molecule has 1 rings (SSSR count). The molecule has 0 fully saturated rings. The predicted octanol–water partition coefficient (Wildman–Crippen LogP) is 4.08. The average Bonchev–Trinajstić information content (AvgIpc) is 2.32. The number of benzene rings is 1. The van der Waals surface area contributed by atoms with Crippen LogP contribution in [0.5, 0.6) is 0 Å². The molecule has 0 aliphatic rings. The van der Waals surface area contributed by atoms with E-state index in [1.807, 2.05) is 0 Å². The van der Waals surface area contributed by atoms with E-state index >= 15 is 0 Å². The van der Waals surface area contributed by atoms with Crippen molar-refractivity contribution in [1.82, 2.24) is 0 Å². The van der Waals surface area contributed by atoms with E-state index in [4.69, 9.17) is 0 Å². The highest BCUT2D eigenvalue weighted by Gasteiger charge is 2.56. The minimum absolute atomic E-state index is 0.115. The third-order valence-corrected chi connectivity index (χ3v) is 3.77. The van der Waals surface area contributed by atoms with E-state index in [2.05, 4.69) is 0 Å². The first-order valence-corrected chi connectivity index (χ1v) is 6.76. The van der Waals surface area contributed by atoms with Gasteiger partial charge in [0, 0.05) is 0 Å². The first kappa shape index (κ1) is 17.3. The molecule has 0 N–H and O–H groups in total. The predicted molar refractivity (Wildman–Crippen MR) is 64.6 cm³/mol. The Kier molecular flexibility index (Phi) is 4.87. The van der Waals surface area contributed by atoms with Crippen LogP contribution in [0.3, 0.4) is 0 Å². The molecule has 0 aliphatic carbocycles. The van der Waals surface area contributed by atoms with Crippen molar-refractivity contribution < 1.29 is 34.8 Å². The maximum atomic E-state index is 12.5. The van der Waals surface area contributed by atoms with E-state index in [-0.39, 0.29) is 6.08 Å². The Bertz CT molecular complexity index is 639. The topological polar surface area (TPSA) is 34.1 Å². The number of rotatable bonds is 3. The van der Waals surface area contributed by atoms with Crippen LogP contribution in [0.25, 0.3) is 6.08 Å². The van der Waals surface area contributed by atoms with Gasteiger partial charge in [-0.2, -0.15) is 26.3 Å². The summed E-state index contributed by atoms with van der Waals surface area (Å²) in [5.74, 6) is 0. The van der Waals surface area contributed by atoms with Gasteiger partial charge in [-0.05, 0) is 11.6 Å². The zero-order chi connectivity index (χ0) is 16.3. The summed E-state index contributed by atoms with van der Waals surface area (Å²) in [4.78, 5) is -2.66. The number of hydrogen-bond donors (Lipinski definition) is 0. The fourth-order valence-corrected chi connectivity index (χ4v) is 2.08. The zero-order valence-corrected chi connectivity index (χ0v) is 10.9. The van der Waals surface area contributed by atoms with E-state index in [9.17, 15) is 34.8 Å². The van der Waals surface area contributed by atoms with Gasteiger partial charge in [0.05, 0.1) is 0 Å². The molecule has 0 aromatic heterocycles. The number of halogens is 6. The Morgan fingerprint density at radius 3 is 1.90 bits per heavy atom. The Balaban J connectivity index is 3.23. The van der Waals surface area contributed by atoms with Crippen molar-refractivity contribution in [3.8, 4) is 0 Å². The van der Waals surface area contributed by atoms with Crippen molar-refractivity contribution in [2.45, 2.75) is 11.7 Å². The third-order valence-electron chi connectivity index (χ3n) is 2.21. The lowest BCUT2D eigenvalue weighted by Gasteiger charge is -2.13. The van der Waals surface area contributed by atoms with Crippen molar-refractivity contribution in [2.24, 2.45) is 0 Å². The Labute approximate surface area is 116 Å². The molecule has 0 saturated heterocycles. The highest BCUT2D eigenvalue weighted by Crippen LogP contribution is 2.38. The summed E-state index contributed by atoms with van der Waals surface area (Å²) in [5, 5.41) is 0. The lowest BCUT2D eigenvalue weighted by molar-refractivity contribution is -0.0893. The van der Waals surface area contributed by atoms with Gasteiger partial charge >= 0.3 is 11.7 Å². The highest BCUT2D eigenvalue weighted by molar-refractivity contribution is 7.96. The molecule has 2 nitrogen and oxygen atoms in total. The van der Waals surface area contributed by atoms with Gasteiger partial charge in [0.25, 0.3) is 9.84 Å². The van der Waals surface area contributed by atoms with Crippen LogP contribution in [-0.2, 0) is 9.84 Å². The number of sulfone groups is 1. The highest BCUT2D eigenvalue weighted by atomic mass is 32.2. The van der Waals surface area contributed by atoms with Crippen molar-refractivity contribution in [3.63, 3.8) is 0 Å². The fraction of sp³-hybridized carbons (Fsp3) is 0.167. The summed E-state index contributed by atoms with van der Waals surface area (Å²) in [6.45, 7) is 0. The molecule has 0 unspecified atom stereocenters. The standard InChI is InChI=1S/C12H8F6O2S/c13-11(14,15)10(21(19,20)12(16,17)18)8-4-7-9-5-2-1-3-6-9/h1-8H. The molecule has 21 heavy (non-hydrogen) atoms. The molecule has 1 aromatic rings. The van der Waals surface area contributed by atoms with Crippen molar-refractivity contribution >= 4 is 15.9 Å². The quantitative estimate of drug-likeness (QED) is 0.618. The van der Waals surface area contributed by atoms with Crippen molar-refractivity contribution in [2.75, 3.05) is 0 Å². The summed E-state index contributed by atoms with van der Waals surface area (Å²) in [6, 6.07) is 7.70. The van der Waals surface area contributed by atoms with E-state index in [0.29, 0.717) is 11.6 Å². The van der Waals surface area contributed by atoms with Crippen LogP contribution in [0.15, 0.2) is 47.4 Å². The number of alkyl halides is 6. The molecule has 9 heteroatoms. The zero-order valence-electron chi connectivity index (χ0n) is 10.1. The van der Waals surface area contributed by atoms with Crippen LogP contribution in [0.1, 0.15) is 5.56 Å². The SMILES string of the molecule is O=S(=O)(C(=CC=Cc1ccccc1)C(F)(F)F)C(F)(F)F. The van der Waals surface area contributed by atoms with Crippen LogP contribution in [0.4, 0.5) is 26.3 Å². The first-order valence-electron chi connectivity index (χ1n) is 5.28. The summed E-state index contributed by atoms with van der Waals surface area (Å²) in [7, 11) is -6.47. The van der Waals surface area contributed by atoms with Gasteiger partial charge in [-0.3, -0.25) is 0 Å². The molecule has 0 amide bonds. The van der Waals surface area contributed by atoms with Crippen LogP contribution in [-0.4, -0.2) is 20.1 Å². The molecule has 0 radical (unpaired) electrons. The van der Waals surface area contributed by atoms with Crippen LogP contribution in [0, 0.1) is 0 Å². The summed E-state index contributed by atoms with van der Waals surface area (Å²) < 4.78 is 95.9. The van der Waals surface area contributed by atoms with Crippen LogP contribution in [0.2, 0.25) is 0 Å². The average molecular weight is 330 g/mol. The van der Waals surface area contributed by atoms with Crippen molar-refractivity contribution in [1.29, 1.82) is 0 Å². The summed E-state index contributed by atoms with van der Waals surface area (Å²) in [6.07, 6.45) is -4.11. The van der Waals surface area contributed by atoms with Gasteiger partial charge in [-0.15, -0.1) is 0 Å². The molecular weight excluding hydrogens is 322 g/mol. The number of allylic oxidation sites excluding steroid dienone is 3. The van der Waals surface area contributed by atoms with Gasteiger partial charge in [0.15, 0.2) is 4.91 Å². The maximum Gasteiger partial charge on any atom is 0.501 e. The molecule has 0 bridgehead atoms. The first-order chi connectivity index (χ1) is 9.46. The second kappa shape index (κ2) is 5.92. The smallest absolute Gasteiger partial charge is 0.214 e. The molecule has 0 atom stereocenters. The number of hydrogen-bond acceptors (Lipinski definition) is 2. The molecule has 0 spiro atoms. The second-order valence-electron chi connectivity index (χ2n) is 3.75. The van der Waals surface area contributed by atoms with Gasteiger partial charge in [-0.1, -0.05) is 42.5 Å². The van der Waals surface area contributed by atoms with E-state index in [1.54, 1.807) is 18.2 Å². The third kappa shape index (κ3) is 4.35. The van der Waals surface area contributed by atoms with E-state index < -0.39 is 26.4 Å². The Morgan fingerprint density at radius 1 is 0.952 bits per heavy atom. The maximum absolute atomic E-state index is 12.5. The summed E-state index contributed by atoms with van der Waals surface area (Å²) >= 11 is 0. The van der Waals surface area contributed by atoms with E-state index in [1.165, 1.54) is 12.1 Å². The van der Waals surface area contributed by atoms with Crippen LogP contribution >= 0.6 is 0 Å². The van der Waals surface area contributed by atoms with Gasteiger partial charge in [0.1, 0.15) is 0 Å². The molecule has 0 aliphatic heterocycles. The molecule has 1 aromatic carbocycles. The minimum atomic E-state index is -6.47. The molecule has 0 heterocycles. The minimum Gasteiger partial charge on any atom is -0.214 e. The Hall–Kier alpha value is -1.77. The van der Waals surface area contributed by atoms with Gasteiger partial charge < -0.3 is 0 Å². The van der Waals surface area contributed by atoms with Gasteiger partial charge in [-0.25, -0.2) is 8.42 Å². The normalized spacial score (nSPS) is 14.7. The lowest BCUT2D eigenvalue weighted by Crippen LogP contribution is -2.31. The van der Waals surface area contributed by atoms with Gasteiger partial charge in [0.2, 0.25) is 0 Å². The summed E-state index contributed by atoms with van der Waals surface area (Å²) in [5.41, 5.74) is -5.62. The molecular formula is C12H8F6O2S. The largest absolute Gasteiger partial charge is 0.501 e. The lowest BCUT2D eigenvalue weighted by atomic mass is 10.2. The Morgan fingerprint density at radius 2 is 1.48 bits per heavy atom. The molecule has 0 saturated carbocycles. The monoisotopic (exact) mass is 330 g/mol. The second-order valence-corrected chi connectivity index (χ2v) is 5.66.